The molecule has 26 heavy (non-hydrogen) atoms. The Morgan fingerprint density at radius 3 is 2.58 bits per heavy atom. The summed E-state index contributed by atoms with van der Waals surface area (Å²) >= 11 is 13.5. The fourth-order valence-electron chi connectivity index (χ4n) is 2.43. The highest BCUT2D eigenvalue weighted by Gasteiger charge is 2.15. The Bertz CT molecular complexity index is 770. The van der Waals surface area contributed by atoms with Crippen LogP contribution in [0.1, 0.15) is 24.1 Å². The van der Waals surface area contributed by atoms with E-state index in [1.807, 2.05) is 31.2 Å². The van der Waals surface area contributed by atoms with E-state index in [1.165, 1.54) is 11.8 Å². The minimum absolute atomic E-state index is 0.0579. The highest BCUT2D eigenvalue weighted by molar-refractivity contribution is 7.99. The second-order valence-corrected chi connectivity index (χ2v) is 7.45. The van der Waals surface area contributed by atoms with Crippen LogP contribution in [0.3, 0.4) is 0 Å². The van der Waals surface area contributed by atoms with Gasteiger partial charge in [-0.05, 0) is 42.8 Å². The SMILES string of the molecule is COc1ccc(OC)c([C@@H](C)NC(=O)CSCc2ccc(Cl)cc2Cl)c1. The molecule has 0 aromatic heterocycles. The zero-order chi connectivity index (χ0) is 19.1. The maximum absolute atomic E-state index is 12.3. The molecule has 140 valence electrons. The van der Waals surface area contributed by atoms with Crippen molar-refractivity contribution in [2.24, 2.45) is 0 Å². The quantitative estimate of drug-likeness (QED) is 0.651. The number of amides is 1. The second kappa shape index (κ2) is 9.95. The molecule has 0 spiro atoms. The molecule has 7 heteroatoms. The lowest BCUT2D eigenvalue weighted by Crippen LogP contribution is -2.28. The van der Waals surface area contributed by atoms with Crippen molar-refractivity contribution in [3.8, 4) is 11.5 Å². The average molecular weight is 414 g/mol. The van der Waals surface area contributed by atoms with E-state index < -0.39 is 0 Å². The number of benzene rings is 2. The lowest BCUT2D eigenvalue weighted by molar-refractivity contribution is -0.119. The zero-order valence-corrected chi connectivity index (χ0v) is 17.2. The van der Waals surface area contributed by atoms with E-state index in [4.69, 9.17) is 32.7 Å². The van der Waals surface area contributed by atoms with Crippen LogP contribution in [0.2, 0.25) is 10.0 Å². The van der Waals surface area contributed by atoms with Gasteiger partial charge in [-0.15, -0.1) is 11.8 Å². The van der Waals surface area contributed by atoms with Crippen LogP contribution in [-0.4, -0.2) is 25.9 Å². The van der Waals surface area contributed by atoms with Crippen LogP contribution in [0.15, 0.2) is 36.4 Å². The lowest BCUT2D eigenvalue weighted by atomic mass is 10.1. The summed E-state index contributed by atoms with van der Waals surface area (Å²) < 4.78 is 10.6. The van der Waals surface area contributed by atoms with Gasteiger partial charge in [0.25, 0.3) is 0 Å². The first-order chi connectivity index (χ1) is 12.4. The van der Waals surface area contributed by atoms with E-state index in [2.05, 4.69) is 5.32 Å². The van der Waals surface area contributed by atoms with Crippen molar-refractivity contribution in [1.82, 2.24) is 5.32 Å². The molecule has 0 saturated carbocycles. The van der Waals surface area contributed by atoms with Gasteiger partial charge in [0.05, 0.1) is 26.0 Å². The molecular formula is C19H21Cl2NO3S. The molecule has 0 aliphatic carbocycles. The topological polar surface area (TPSA) is 47.6 Å². The van der Waals surface area contributed by atoms with Gasteiger partial charge in [-0.3, -0.25) is 4.79 Å². The number of carbonyl (C=O) groups is 1. The summed E-state index contributed by atoms with van der Waals surface area (Å²) in [6.45, 7) is 1.91. The molecule has 2 aromatic carbocycles. The van der Waals surface area contributed by atoms with Gasteiger partial charge in [-0.1, -0.05) is 29.3 Å². The van der Waals surface area contributed by atoms with Crippen LogP contribution in [0.5, 0.6) is 11.5 Å². The molecule has 0 fully saturated rings. The zero-order valence-electron chi connectivity index (χ0n) is 14.8. The number of carbonyl (C=O) groups excluding carboxylic acids is 1. The molecule has 0 unspecified atom stereocenters. The molecule has 1 amide bonds. The summed E-state index contributed by atoms with van der Waals surface area (Å²) in [5.74, 6) is 2.33. The third-order valence-corrected chi connectivity index (χ3v) is 5.36. The lowest BCUT2D eigenvalue weighted by Gasteiger charge is -2.18. The number of nitrogens with one attached hydrogen (secondary N) is 1. The van der Waals surface area contributed by atoms with Gasteiger partial charge in [0.2, 0.25) is 5.91 Å². The van der Waals surface area contributed by atoms with Crippen molar-refractivity contribution >= 4 is 40.9 Å². The maximum atomic E-state index is 12.3. The number of thioether (sulfide) groups is 1. The maximum Gasteiger partial charge on any atom is 0.230 e. The van der Waals surface area contributed by atoms with Gasteiger partial charge in [0.15, 0.2) is 0 Å². The Morgan fingerprint density at radius 2 is 1.92 bits per heavy atom. The second-order valence-electron chi connectivity index (χ2n) is 5.63. The van der Waals surface area contributed by atoms with E-state index in [-0.39, 0.29) is 11.9 Å². The number of methoxy groups -OCH3 is 2. The molecule has 2 aromatic rings. The summed E-state index contributed by atoms with van der Waals surface area (Å²) in [5, 5.41) is 4.19. The predicted molar refractivity (Wildman–Crippen MR) is 109 cm³/mol. The molecule has 0 radical (unpaired) electrons. The van der Waals surface area contributed by atoms with Crippen molar-refractivity contribution < 1.29 is 14.3 Å². The van der Waals surface area contributed by atoms with Crippen molar-refractivity contribution in [2.45, 2.75) is 18.7 Å². The molecule has 1 N–H and O–H groups in total. The van der Waals surface area contributed by atoms with Crippen LogP contribution in [0.4, 0.5) is 0 Å². The Labute approximate surface area is 168 Å². The predicted octanol–water partition coefficient (Wildman–Crippen LogP) is 5.12. The Balaban J connectivity index is 1.91. The Kier molecular flexibility index (Phi) is 7.94. The van der Waals surface area contributed by atoms with E-state index in [0.29, 0.717) is 33.0 Å². The normalized spacial score (nSPS) is 11.7. The van der Waals surface area contributed by atoms with Gasteiger partial charge >= 0.3 is 0 Å². The average Bonchev–Trinajstić information content (AvgIpc) is 2.62. The van der Waals surface area contributed by atoms with E-state index >= 15 is 0 Å². The van der Waals surface area contributed by atoms with Gasteiger partial charge in [-0.25, -0.2) is 0 Å². The number of ether oxygens (including phenoxy) is 2. The Morgan fingerprint density at radius 1 is 1.15 bits per heavy atom. The molecule has 0 aliphatic rings. The van der Waals surface area contributed by atoms with Crippen molar-refractivity contribution in [1.29, 1.82) is 0 Å². The Hall–Kier alpha value is -1.56. The van der Waals surface area contributed by atoms with Gasteiger partial charge in [-0.2, -0.15) is 0 Å². The molecule has 0 aliphatic heterocycles. The fraction of sp³-hybridized carbons (Fsp3) is 0.316. The van der Waals surface area contributed by atoms with Crippen molar-refractivity contribution in [2.75, 3.05) is 20.0 Å². The van der Waals surface area contributed by atoms with Crippen molar-refractivity contribution in [3.63, 3.8) is 0 Å². The third kappa shape index (κ3) is 5.73. The highest BCUT2D eigenvalue weighted by Crippen LogP contribution is 2.29. The molecule has 0 heterocycles. The van der Waals surface area contributed by atoms with E-state index in [9.17, 15) is 4.79 Å². The summed E-state index contributed by atoms with van der Waals surface area (Å²) in [6, 6.07) is 10.7. The summed E-state index contributed by atoms with van der Waals surface area (Å²) in [7, 11) is 3.21. The summed E-state index contributed by atoms with van der Waals surface area (Å²) in [4.78, 5) is 12.3. The van der Waals surface area contributed by atoms with E-state index in [1.54, 1.807) is 26.4 Å². The number of hydrogen-bond acceptors (Lipinski definition) is 4. The molecule has 0 bridgehead atoms. The van der Waals surface area contributed by atoms with Gasteiger partial charge in [0, 0.05) is 21.4 Å². The molecular weight excluding hydrogens is 393 g/mol. The van der Waals surface area contributed by atoms with Gasteiger partial charge < -0.3 is 14.8 Å². The smallest absolute Gasteiger partial charge is 0.230 e. The molecule has 4 nitrogen and oxygen atoms in total. The minimum Gasteiger partial charge on any atom is -0.497 e. The molecule has 2 rings (SSSR count). The van der Waals surface area contributed by atoms with Crippen LogP contribution in [-0.2, 0) is 10.5 Å². The number of rotatable bonds is 8. The monoisotopic (exact) mass is 413 g/mol. The first kappa shape index (κ1) is 20.7. The number of halogens is 2. The highest BCUT2D eigenvalue weighted by atomic mass is 35.5. The first-order valence-electron chi connectivity index (χ1n) is 7.97. The van der Waals surface area contributed by atoms with Crippen molar-refractivity contribution in [3.05, 3.63) is 57.6 Å². The largest absolute Gasteiger partial charge is 0.497 e. The van der Waals surface area contributed by atoms with Crippen LogP contribution >= 0.6 is 35.0 Å². The fourth-order valence-corrected chi connectivity index (χ4v) is 3.83. The molecule has 0 saturated heterocycles. The van der Waals surface area contributed by atoms with Crippen LogP contribution in [0, 0.1) is 0 Å². The first-order valence-corrected chi connectivity index (χ1v) is 9.88. The van der Waals surface area contributed by atoms with Crippen LogP contribution in [0.25, 0.3) is 0 Å². The summed E-state index contributed by atoms with van der Waals surface area (Å²) in [6.07, 6.45) is 0. The van der Waals surface area contributed by atoms with Gasteiger partial charge in [0.1, 0.15) is 11.5 Å². The molecule has 1 atom stereocenters. The number of hydrogen-bond donors (Lipinski definition) is 1. The van der Waals surface area contributed by atoms with E-state index in [0.717, 1.165) is 11.1 Å². The standard InChI is InChI=1S/C19H21Cl2NO3S/c1-12(16-9-15(24-2)6-7-18(16)25-3)22-19(23)11-26-10-13-4-5-14(20)8-17(13)21/h4-9,12H,10-11H2,1-3H3,(H,22,23)/t12-/m1/s1. The summed E-state index contributed by atoms with van der Waals surface area (Å²) in [5.41, 5.74) is 1.82. The minimum atomic E-state index is -0.202. The van der Waals surface area contributed by atoms with Crippen LogP contribution < -0.4 is 14.8 Å². The third-order valence-electron chi connectivity index (χ3n) is 3.79.